The third kappa shape index (κ3) is 5.06. The lowest BCUT2D eigenvalue weighted by molar-refractivity contribution is -0.384. The molecule has 1 aliphatic rings. The summed E-state index contributed by atoms with van der Waals surface area (Å²) in [4.78, 5) is 21.8. The molecule has 0 unspecified atom stereocenters. The lowest BCUT2D eigenvalue weighted by atomic mass is 10.1. The number of carbonyl (C=O) groups is 1. The molecule has 0 atom stereocenters. The van der Waals surface area contributed by atoms with Crippen LogP contribution in [0.5, 0.6) is 0 Å². The van der Waals surface area contributed by atoms with Gasteiger partial charge >= 0.3 is 0 Å². The summed E-state index contributed by atoms with van der Waals surface area (Å²) in [6.45, 7) is 1.25. The minimum absolute atomic E-state index is 0.0575. The number of amides is 1. The van der Waals surface area contributed by atoms with Crippen LogP contribution < -0.4 is 10.6 Å². The lowest BCUT2D eigenvalue weighted by Gasteiger charge is -2.04. The van der Waals surface area contributed by atoms with E-state index in [0.717, 1.165) is 25.0 Å². The number of nitro groups is 1. The highest BCUT2D eigenvalue weighted by Gasteiger charge is 2.22. The molecule has 7 nitrogen and oxygen atoms in total. The summed E-state index contributed by atoms with van der Waals surface area (Å²) in [5.41, 5.74) is 0.554. The van der Waals surface area contributed by atoms with Gasteiger partial charge in [-0.25, -0.2) is 0 Å². The number of non-ortho nitro benzene ring substituents is 1. The number of hydrogen-bond acceptors (Lipinski definition) is 5. The summed E-state index contributed by atoms with van der Waals surface area (Å²) in [6, 6.07) is 8.31. The van der Waals surface area contributed by atoms with Gasteiger partial charge in [0.25, 0.3) is 5.69 Å². The number of nitrogens with one attached hydrogen (secondary N) is 2. The van der Waals surface area contributed by atoms with Crippen LogP contribution in [0.1, 0.15) is 31.4 Å². The van der Waals surface area contributed by atoms with E-state index in [1.165, 1.54) is 12.1 Å². The van der Waals surface area contributed by atoms with E-state index in [4.69, 9.17) is 16.0 Å². The van der Waals surface area contributed by atoms with Gasteiger partial charge in [0.1, 0.15) is 11.5 Å². The van der Waals surface area contributed by atoms with E-state index in [2.05, 4.69) is 10.6 Å². The summed E-state index contributed by atoms with van der Waals surface area (Å²) in [5, 5.41) is 17.2. The number of halogens is 1. The largest absolute Gasteiger partial charge is 0.460 e. The molecule has 1 amide bonds. The van der Waals surface area contributed by atoms with Crippen molar-refractivity contribution in [1.82, 2.24) is 10.6 Å². The van der Waals surface area contributed by atoms with E-state index in [-0.39, 0.29) is 16.6 Å². The Morgan fingerprint density at radius 2 is 2.12 bits per heavy atom. The number of hydrogen-bond donors (Lipinski definition) is 2. The molecule has 1 aromatic carbocycles. The van der Waals surface area contributed by atoms with Gasteiger partial charge in [-0.1, -0.05) is 11.6 Å². The molecule has 8 heteroatoms. The van der Waals surface area contributed by atoms with Crippen LogP contribution >= 0.6 is 11.6 Å². The highest BCUT2D eigenvalue weighted by atomic mass is 35.5. The predicted octanol–water partition coefficient (Wildman–Crippen LogP) is 3.66. The number of nitrogens with zero attached hydrogens (tertiary/aromatic N) is 1. The molecule has 26 heavy (non-hydrogen) atoms. The van der Waals surface area contributed by atoms with Crippen molar-refractivity contribution in [2.24, 2.45) is 0 Å². The average molecular weight is 378 g/mol. The number of nitro benzene ring substituents is 1. The normalized spacial score (nSPS) is 13.6. The fourth-order valence-electron chi connectivity index (χ4n) is 2.55. The summed E-state index contributed by atoms with van der Waals surface area (Å²) in [5.74, 6) is 1.41. The molecule has 0 saturated heterocycles. The highest BCUT2D eigenvalue weighted by Crippen LogP contribution is 2.32. The van der Waals surface area contributed by atoms with Gasteiger partial charge in [0.15, 0.2) is 0 Å². The second-order valence-corrected chi connectivity index (χ2v) is 6.72. The summed E-state index contributed by atoms with van der Waals surface area (Å²) < 4.78 is 5.74. The highest BCUT2D eigenvalue weighted by molar-refractivity contribution is 6.33. The first-order valence-electron chi connectivity index (χ1n) is 8.56. The molecule has 2 N–H and O–H groups in total. The SMILES string of the molecule is O=C(CCCNCc1ccc(-c2ccc([N+](=O)[O-])cc2Cl)o1)NC1CC1. The maximum absolute atomic E-state index is 11.6. The Bertz CT molecular complexity index is 801. The van der Waals surface area contributed by atoms with Gasteiger partial charge in [-0.05, 0) is 44.0 Å². The molecule has 1 aromatic heterocycles. The fourth-order valence-corrected chi connectivity index (χ4v) is 2.82. The lowest BCUT2D eigenvalue weighted by Crippen LogP contribution is -2.26. The van der Waals surface area contributed by atoms with E-state index in [0.29, 0.717) is 36.9 Å². The molecular weight excluding hydrogens is 358 g/mol. The second-order valence-electron chi connectivity index (χ2n) is 6.31. The van der Waals surface area contributed by atoms with Gasteiger partial charge < -0.3 is 15.1 Å². The van der Waals surface area contributed by atoms with Crippen molar-refractivity contribution in [2.45, 2.75) is 38.3 Å². The number of benzene rings is 1. The standard InChI is InChI=1S/C18H20ClN3O4/c19-16-10-13(22(24)25)5-7-15(16)17-8-6-14(26-17)11-20-9-1-2-18(23)21-12-3-4-12/h5-8,10,12,20H,1-4,9,11H2,(H,21,23). The van der Waals surface area contributed by atoms with E-state index in [9.17, 15) is 14.9 Å². The minimum atomic E-state index is -0.488. The molecule has 0 spiro atoms. The first-order chi connectivity index (χ1) is 12.5. The molecule has 2 aromatic rings. The van der Waals surface area contributed by atoms with Crippen LogP contribution in [0.2, 0.25) is 5.02 Å². The van der Waals surface area contributed by atoms with Crippen molar-refractivity contribution < 1.29 is 14.1 Å². The third-order valence-electron chi connectivity index (χ3n) is 4.09. The van der Waals surface area contributed by atoms with E-state index >= 15 is 0 Å². The van der Waals surface area contributed by atoms with Gasteiger partial charge in [0.2, 0.25) is 5.91 Å². The van der Waals surface area contributed by atoms with E-state index < -0.39 is 4.92 Å². The van der Waals surface area contributed by atoms with Gasteiger partial charge in [0, 0.05) is 30.2 Å². The summed E-state index contributed by atoms with van der Waals surface area (Å²) >= 11 is 6.11. The van der Waals surface area contributed by atoms with E-state index in [1.807, 2.05) is 6.07 Å². The Hall–Kier alpha value is -2.38. The van der Waals surface area contributed by atoms with Gasteiger partial charge in [-0.3, -0.25) is 14.9 Å². The molecule has 0 aliphatic heterocycles. The molecule has 1 saturated carbocycles. The van der Waals surface area contributed by atoms with Gasteiger partial charge in [0.05, 0.1) is 16.5 Å². The van der Waals surface area contributed by atoms with Crippen molar-refractivity contribution >= 4 is 23.2 Å². The van der Waals surface area contributed by atoms with Crippen LogP contribution in [0, 0.1) is 10.1 Å². The number of rotatable bonds is 9. The predicted molar refractivity (Wildman–Crippen MR) is 97.9 cm³/mol. The maximum Gasteiger partial charge on any atom is 0.270 e. The maximum atomic E-state index is 11.6. The van der Waals surface area contributed by atoms with Crippen LogP contribution in [0.25, 0.3) is 11.3 Å². The molecule has 0 radical (unpaired) electrons. The zero-order valence-corrected chi connectivity index (χ0v) is 14.9. The first-order valence-corrected chi connectivity index (χ1v) is 8.94. The molecule has 3 rings (SSSR count). The Morgan fingerprint density at radius 1 is 1.31 bits per heavy atom. The van der Waals surface area contributed by atoms with Crippen LogP contribution in [-0.4, -0.2) is 23.4 Å². The Labute approximate surface area is 155 Å². The van der Waals surface area contributed by atoms with Gasteiger partial charge in [-0.2, -0.15) is 0 Å². The Kier molecular flexibility index (Phi) is 5.90. The van der Waals surface area contributed by atoms with Crippen LogP contribution in [0.15, 0.2) is 34.7 Å². The molecule has 0 bridgehead atoms. The summed E-state index contributed by atoms with van der Waals surface area (Å²) in [6.07, 6.45) is 3.48. The monoisotopic (exact) mass is 377 g/mol. The topological polar surface area (TPSA) is 97.4 Å². The zero-order chi connectivity index (χ0) is 18.5. The number of furan rings is 1. The zero-order valence-electron chi connectivity index (χ0n) is 14.2. The van der Waals surface area contributed by atoms with Crippen molar-refractivity contribution in [3.8, 4) is 11.3 Å². The molecule has 1 aliphatic carbocycles. The second kappa shape index (κ2) is 8.33. The quantitative estimate of drug-likeness (QED) is 0.395. The van der Waals surface area contributed by atoms with Crippen LogP contribution in [0.3, 0.4) is 0 Å². The molecule has 1 fully saturated rings. The molecule has 1 heterocycles. The summed E-state index contributed by atoms with van der Waals surface area (Å²) in [7, 11) is 0. The first kappa shape index (κ1) is 18.4. The minimum Gasteiger partial charge on any atom is -0.460 e. The smallest absolute Gasteiger partial charge is 0.270 e. The van der Waals surface area contributed by atoms with Crippen molar-refractivity contribution in [1.29, 1.82) is 0 Å². The average Bonchev–Trinajstić information content (AvgIpc) is 3.29. The Morgan fingerprint density at radius 3 is 2.81 bits per heavy atom. The van der Waals surface area contributed by atoms with Crippen molar-refractivity contribution in [3.63, 3.8) is 0 Å². The number of carbonyl (C=O) groups excluding carboxylic acids is 1. The van der Waals surface area contributed by atoms with E-state index in [1.54, 1.807) is 12.1 Å². The fraction of sp³-hybridized carbons (Fsp3) is 0.389. The third-order valence-corrected chi connectivity index (χ3v) is 4.40. The molecule has 138 valence electrons. The van der Waals surface area contributed by atoms with Crippen molar-refractivity contribution in [3.05, 3.63) is 51.2 Å². The van der Waals surface area contributed by atoms with Gasteiger partial charge in [-0.15, -0.1) is 0 Å². The Balaban J connectivity index is 1.45. The molecular formula is C18H20ClN3O4. The van der Waals surface area contributed by atoms with Crippen molar-refractivity contribution in [2.75, 3.05) is 6.54 Å². The van der Waals surface area contributed by atoms with Crippen LogP contribution in [0.4, 0.5) is 5.69 Å². The van der Waals surface area contributed by atoms with Crippen LogP contribution in [-0.2, 0) is 11.3 Å².